The molecule has 72 valence electrons. The maximum Gasteiger partial charge on any atom is 0.235 e. The lowest BCUT2D eigenvalue weighted by Crippen LogP contribution is -2.25. The van der Waals surface area contributed by atoms with E-state index in [1.54, 1.807) is 13.1 Å². The van der Waals surface area contributed by atoms with Crippen molar-refractivity contribution in [1.29, 1.82) is 5.26 Å². The van der Waals surface area contributed by atoms with Gasteiger partial charge in [0.2, 0.25) is 11.8 Å². The Kier molecular flexibility index (Phi) is 4.52. The molecule has 0 aromatic carbocycles. The third-order valence-electron chi connectivity index (χ3n) is 1.80. The number of nitriles is 1. The van der Waals surface area contributed by atoms with Gasteiger partial charge in [0, 0.05) is 19.4 Å². The average Bonchev–Trinajstić information content (AvgIpc) is 2.11. The molecule has 0 saturated carbocycles. The first-order valence-electron chi connectivity index (χ1n) is 3.94. The number of carbonyl (C=O) groups is 2. The van der Waals surface area contributed by atoms with Crippen molar-refractivity contribution in [2.45, 2.75) is 19.8 Å². The first-order chi connectivity index (χ1) is 5.99. The number of nitrogens with two attached hydrogens (primary N) is 1. The summed E-state index contributed by atoms with van der Waals surface area (Å²) in [4.78, 5) is 22.6. The summed E-state index contributed by atoms with van der Waals surface area (Å²) in [5, 5.41) is 8.34. The Bertz CT molecular complexity index is 244. The average molecular weight is 183 g/mol. The molecule has 0 rings (SSSR count). The molecular weight excluding hydrogens is 170 g/mol. The molecule has 2 N–H and O–H groups in total. The second kappa shape index (κ2) is 5.14. The van der Waals surface area contributed by atoms with E-state index in [1.165, 1.54) is 7.05 Å². The Balaban J connectivity index is 3.85. The number of hydrogen-bond donors (Lipinski definition) is 1. The van der Waals surface area contributed by atoms with Gasteiger partial charge in [-0.3, -0.25) is 14.5 Å². The lowest BCUT2D eigenvalue weighted by atomic mass is 10.1. The maximum atomic E-state index is 11.1. The van der Waals surface area contributed by atoms with E-state index in [9.17, 15) is 9.59 Å². The van der Waals surface area contributed by atoms with Crippen molar-refractivity contribution in [1.82, 2.24) is 4.90 Å². The topological polar surface area (TPSA) is 87.2 Å². The van der Waals surface area contributed by atoms with E-state index in [0.717, 1.165) is 4.90 Å². The molecule has 0 aliphatic rings. The smallest absolute Gasteiger partial charge is 0.235 e. The lowest BCUT2D eigenvalue weighted by molar-refractivity contribution is -0.127. The highest BCUT2D eigenvalue weighted by molar-refractivity contribution is 5.79. The van der Waals surface area contributed by atoms with Gasteiger partial charge in [-0.1, -0.05) is 6.92 Å². The highest BCUT2D eigenvalue weighted by Crippen LogP contribution is 2.05. The number of amides is 2. The van der Waals surface area contributed by atoms with Crippen LogP contribution < -0.4 is 5.73 Å². The van der Waals surface area contributed by atoms with E-state index in [4.69, 9.17) is 11.0 Å². The first kappa shape index (κ1) is 11.4. The van der Waals surface area contributed by atoms with Crippen molar-refractivity contribution in [2.75, 3.05) is 7.05 Å². The van der Waals surface area contributed by atoms with Gasteiger partial charge in [0.1, 0.15) is 0 Å². The number of hydrogen-bond acceptors (Lipinski definition) is 3. The summed E-state index contributed by atoms with van der Waals surface area (Å²) in [5.41, 5.74) is 5.00. The van der Waals surface area contributed by atoms with Crippen LogP contribution in [-0.2, 0) is 9.59 Å². The minimum Gasteiger partial charge on any atom is -0.369 e. The van der Waals surface area contributed by atoms with E-state index >= 15 is 0 Å². The van der Waals surface area contributed by atoms with Crippen molar-refractivity contribution in [3.05, 3.63) is 0 Å². The quantitative estimate of drug-likeness (QED) is 0.484. The molecule has 0 aliphatic carbocycles. The Morgan fingerprint density at radius 1 is 1.62 bits per heavy atom. The van der Waals surface area contributed by atoms with Gasteiger partial charge in [-0.25, -0.2) is 0 Å². The van der Waals surface area contributed by atoms with Gasteiger partial charge in [0.15, 0.2) is 6.19 Å². The third-order valence-corrected chi connectivity index (χ3v) is 1.80. The van der Waals surface area contributed by atoms with E-state index in [0.29, 0.717) is 6.42 Å². The summed E-state index contributed by atoms with van der Waals surface area (Å²) in [5.74, 6) is -1.04. The third kappa shape index (κ3) is 4.11. The Morgan fingerprint density at radius 3 is 2.54 bits per heavy atom. The van der Waals surface area contributed by atoms with Crippen LogP contribution in [0.2, 0.25) is 0 Å². The summed E-state index contributed by atoms with van der Waals surface area (Å²) in [7, 11) is 1.39. The van der Waals surface area contributed by atoms with E-state index in [-0.39, 0.29) is 18.2 Å². The predicted molar refractivity (Wildman–Crippen MR) is 46.0 cm³/mol. The maximum absolute atomic E-state index is 11.1. The summed E-state index contributed by atoms with van der Waals surface area (Å²) < 4.78 is 0. The summed E-state index contributed by atoms with van der Waals surface area (Å²) >= 11 is 0. The van der Waals surface area contributed by atoms with Gasteiger partial charge in [-0.15, -0.1) is 0 Å². The number of carbonyl (C=O) groups excluding carboxylic acids is 2. The second-order valence-corrected chi connectivity index (χ2v) is 2.89. The fourth-order valence-corrected chi connectivity index (χ4v) is 0.706. The number of rotatable bonds is 4. The molecule has 0 aromatic heterocycles. The SMILES string of the molecule is C[C@@H](CCC(=O)N(C)C#N)C(N)=O. The summed E-state index contributed by atoms with van der Waals surface area (Å²) in [6.45, 7) is 1.65. The molecule has 0 saturated heterocycles. The molecule has 5 heteroatoms. The summed E-state index contributed by atoms with van der Waals surface area (Å²) in [6, 6.07) is 0. The number of nitrogens with zero attached hydrogens (tertiary/aromatic N) is 2. The van der Waals surface area contributed by atoms with Crippen LogP contribution in [0.15, 0.2) is 0 Å². The van der Waals surface area contributed by atoms with Crippen molar-refractivity contribution in [3.63, 3.8) is 0 Å². The zero-order valence-corrected chi connectivity index (χ0v) is 7.78. The van der Waals surface area contributed by atoms with Crippen LogP contribution >= 0.6 is 0 Å². The van der Waals surface area contributed by atoms with Crippen LogP contribution in [-0.4, -0.2) is 23.8 Å². The molecule has 0 fully saturated rings. The minimum atomic E-state index is -0.424. The highest BCUT2D eigenvalue weighted by atomic mass is 16.2. The number of primary amides is 1. The summed E-state index contributed by atoms with van der Waals surface area (Å²) in [6.07, 6.45) is 2.25. The molecule has 0 aliphatic heterocycles. The van der Waals surface area contributed by atoms with Gasteiger partial charge >= 0.3 is 0 Å². The second-order valence-electron chi connectivity index (χ2n) is 2.89. The zero-order chi connectivity index (χ0) is 10.4. The van der Waals surface area contributed by atoms with Crippen LogP contribution in [0.1, 0.15) is 19.8 Å². The molecule has 0 radical (unpaired) electrons. The molecule has 0 spiro atoms. The van der Waals surface area contributed by atoms with Crippen LogP contribution in [0.5, 0.6) is 0 Å². The van der Waals surface area contributed by atoms with Crippen molar-refractivity contribution >= 4 is 11.8 Å². The largest absolute Gasteiger partial charge is 0.369 e. The Labute approximate surface area is 77.1 Å². The van der Waals surface area contributed by atoms with Crippen molar-refractivity contribution < 1.29 is 9.59 Å². The fraction of sp³-hybridized carbons (Fsp3) is 0.625. The molecule has 13 heavy (non-hydrogen) atoms. The predicted octanol–water partition coefficient (Wildman–Crippen LogP) is -0.173. The van der Waals surface area contributed by atoms with Crippen LogP contribution in [0, 0.1) is 17.4 Å². The van der Waals surface area contributed by atoms with Crippen LogP contribution in [0.25, 0.3) is 0 Å². The van der Waals surface area contributed by atoms with E-state index < -0.39 is 5.91 Å². The standard InChI is InChI=1S/C8H13N3O2/c1-6(8(10)13)3-4-7(12)11(2)5-9/h6H,3-4H2,1-2H3,(H2,10,13)/t6-/m0/s1. The first-order valence-corrected chi connectivity index (χ1v) is 3.94. The van der Waals surface area contributed by atoms with Crippen LogP contribution in [0.3, 0.4) is 0 Å². The monoisotopic (exact) mass is 183 g/mol. The van der Waals surface area contributed by atoms with E-state index in [1.807, 2.05) is 0 Å². The molecule has 0 aromatic rings. The Hall–Kier alpha value is -1.57. The fourth-order valence-electron chi connectivity index (χ4n) is 0.706. The normalized spacial score (nSPS) is 11.5. The molecule has 0 bridgehead atoms. The van der Waals surface area contributed by atoms with Gasteiger partial charge < -0.3 is 5.73 Å². The highest BCUT2D eigenvalue weighted by Gasteiger charge is 2.13. The van der Waals surface area contributed by atoms with Crippen LogP contribution in [0.4, 0.5) is 0 Å². The zero-order valence-electron chi connectivity index (χ0n) is 7.78. The van der Waals surface area contributed by atoms with Gasteiger partial charge in [0.05, 0.1) is 0 Å². The van der Waals surface area contributed by atoms with Gasteiger partial charge in [0.25, 0.3) is 0 Å². The molecular formula is C8H13N3O2. The van der Waals surface area contributed by atoms with Crippen molar-refractivity contribution in [3.8, 4) is 6.19 Å². The Morgan fingerprint density at radius 2 is 2.15 bits per heavy atom. The molecule has 2 amide bonds. The molecule has 1 atom stereocenters. The van der Waals surface area contributed by atoms with Gasteiger partial charge in [-0.05, 0) is 6.42 Å². The molecule has 5 nitrogen and oxygen atoms in total. The molecule has 0 heterocycles. The minimum absolute atomic E-state index is 0.175. The van der Waals surface area contributed by atoms with Gasteiger partial charge in [-0.2, -0.15) is 5.26 Å². The lowest BCUT2D eigenvalue weighted by Gasteiger charge is -2.08. The van der Waals surface area contributed by atoms with E-state index in [2.05, 4.69) is 0 Å². The van der Waals surface area contributed by atoms with Crippen molar-refractivity contribution in [2.24, 2.45) is 11.7 Å². The molecule has 0 unspecified atom stereocenters.